The summed E-state index contributed by atoms with van der Waals surface area (Å²) < 4.78 is 26.7. The minimum atomic E-state index is -0.361. The quantitative estimate of drug-likeness (QED) is 0.406. The first-order valence-electron chi connectivity index (χ1n) is 11.4. The van der Waals surface area contributed by atoms with Crippen molar-refractivity contribution in [1.29, 1.82) is 5.26 Å². The molecule has 1 aliphatic carbocycles. The van der Waals surface area contributed by atoms with E-state index in [2.05, 4.69) is 11.2 Å². The van der Waals surface area contributed by atoms with Gasteiger partial charge in [0, 0.05) is 24.4 Å². The number of nitrogens with zero attached hydrogens (tertiary/aromatic N) is 3. The number of allylic oxidation sites excluding steroid dienone is 3. The van der Waals surface area contributed by atoms with Crippen molar-refractivity contribution in [3.05, 3.63) is 107 Å². The minimum Gasteiger partial charge on any atom is -0.497 e. The molecule has 35 heavy (non-hydrogen) atoms. The normalized spacial score (nSPS) is 18.7. The van der Waals surface area contributed by atoms with Crippen LogP contribution in [0.25, 0.3) is 5.88 Å². The summed E-state index contributed by atoms with van der Waals surface area (Å²) in [6, 6.07) is 20.0. The van der Waals surface area contributed by atoms with Gasteiger partial charge in [-0.25, -0.2) is 4.39 Å². The zero-order valence-corrected chi connectivity index (χ0v) is 19.3. The topological polar surface area (TPSA) is 68.8 Å². The molecule has 1 unspecified atom stereocenters. The van der Waals surface area contributed by atoms with E-state index in [1.54, 1.807) is 19.2 Å². The molecule has 2 aromatic carbocycles. The Hall–Kier alpha value is -4.31. The van der Waals surface area contributed by atoms with Gasteiger partial charge in [0.15, 0.2) is 0 Å². The summed E-state index contributed by atoms with van der Waals surface area (Å²) in [6.45, 7) is 0.218. The third kappa shape index (κ3) is 4.56. The summed E-state index contributed by atoms with van der Waals surface area (Å²) >= 11 is 0. The highest BCUT2D eigenvalue weighted by atomic mass is 19.1. The number of benzene rings is 2. The molecule has 0 saturated heterocycles. The molecule has 7 heteroatoms. The van der Waals surface area contributed by atoms with Crippen molar-refractivity contribution in [3.63, 3.8) is 0 Å². The van der Waals surface area contributed by atoms with Gasteiger partial charge in [-0.3, -0.25) is 4.57 Å². The second kappa shape index (κ2) is 9.90. The van der Waals surface area contributed by atoms with Crippen LogP contribution in [-0.2, 0) is 16.2 Å². The fraction of sp³-hybridized carbons (Fsp3) is 0.214. The highest BCUT2D eigenvalue weighted by Crippen LogP contribution is 2.46. The van der Waals surface area contributed by atoms with E-state index in [0.717, 1.165) is 46.8 Å². The van der Waals surface area contributed by atoms with Gasteiger partial charge in [0.1, 0.15) is 35.6 Å². The molecule has 2 aliphatic rings. The lowest BCUT2D eigenvalue weighted by atomic mass is 9.77. The largest absolute Gasteiger partial charge is 0.497 e. The van der Waals surface area contributed by atoms with Crippen LogP contribution in [0.5, 0.6) is 5.75 Å². The van der Waals surface area contributed by atoms with E-state index in [-0.39, 0.29) is 18.3 Å². The van der Waals surface area contributed by atoms with Crippen LogP contribution in [0.1, 0.15) is 36.3 Å². The Kier molecular flexibility index (Phi) is 6.36. The van der Waals surface area contributed by atoms with Gasteiger partial charge in [-0.1, -0.05) is 29.4 Å². The van der Waals surface area contributed by atoms with Crippen LogP contribution >= 0.6 is 0 Å². The van der Waals surface area contributed by atoms with Crippen LogP contribution < -0.4 is 4.74 Å². The van der Waals surface area contributed by atoms with Crippen molar-refractivity contribution in [3.8, 4) is 11.8 Å². The van der Waals surface area contributed by atoms with E-state index in [9.17, 15) is 9.65 Å². The maximum absolute atomic E-state index is 13.2. The van der Waals surface area contributed by atoms with Crippen LogP contribution in [0.3, 0.4) is 0 Å². The number of hydrogen-bond acceptors (Lipinski definition) is 5. The molecule has 1 atom stereocenters. The van der Waals surface area contributed by atoms with Crippen molar-refractivity contribution in [2.45, 2.75) is 31.8 Å². The Labute approximate surface area is 203 Å². The van der Waals surface area contributed by atoms with Crippen molar-refractivity contribution in [2.75, 3.05) is 7.11 Å². The lowest BCUT2D eigenvalue weighted by molar-refractivity contribution is 0.129. The zero-order valence-electron chi connectivity index (χ0n) is 19.3. The number of ether oxygens (including phenoxy) is 2. The molecule has 0 fully saturated rings. The maximum atomic E-state index is 13.2. The molecule has 0 bridgehead atoms. The van der Waals surface area contributed by atoms with E-state index >= 15 is 0 Å². The van der Waals surface area contributed by atoms with E-state index in [0.29, 0.717) is 17.9 Å². The molecular formula is C28H24FN3O3. The molecule has 1 aliphatic heterocycles. The Morgan fingerprint density at radius 3 is 2.51 bits per heavy atom. The molecule has 0 amide bonds. The van der Waals surface area contributed by atoms with Gasteiger partial charge in [0.2, 0.25) is 5.88 Å². The Bertz CT molecular complexity index is 1330. The Morgan fingerprint density at radius 1 is 1.09 bits per heavy atom. The van der Waals surface area contributed by atoms with Gasteiger partial charge in [-0.2, -0.15) is 5.26 Å². The number of aromatic nitrogens is 1. The fourth-order valence-electron chi connectivity index (χ4n) is 4.48. The average Bonchev–Trinajstić information content (AvgIpc) is 3.44. The smallest absolute Gasteiger partial charge is 0.218 e. The number of nitriles is 1. The monoisotopic (exact) mass is 469 g/mol. The van der Waals surface area contributed by atoms with E-state index in [4.69, 9.17) is 14.3 Å². The molecule has 0 N–H and O–H groups in total. The molecule has 0 radical (unpaired) electrons. The molecule has 176 valence electrons. The molecule has 5 rings (SSSR count). The van der Waals surface area contributed by atoms with Gasteiger partial charge in [0.05, 0.1) is 18.7 Å². The summed E-state index contributed by atoms with van der Waals surface area (Å²) in [7, 11) is 1.62. The number of halogens is 1. The van der Waals surface area contributed by atoms with Crippen LogP contribution in [0, 0.1) is 17.1 Å². The van der Waals surface area contributed by atoms with E-state index in [1.807, 2.05) is 53.4 Å². The predicted molar refractivity (Wildman–Crippen MR) is 130 cm³/mol. The van der Waals surface area contributed by atoms with Gasteiger partial charge in [0.25, 0.3) is 0 Å². The molecule has 1 aromatic heterocycles. The lowest BCUT2D eigenvalue weighted by Crippen LogP contribution is -2.26. The van der Waals surface area contributed by atoms with Crippen molar-refractivity contribution in [1.82, 2.24) is 4.57 Å². The standard InChI is InChI=1S/C28H24FN3O3/c1-33-22-13-9-20(10-14-22)26-23(17-30)28(32-15-2-3-16-32)35-25-6-4-5-24(27(25)26)31-34-18-19-7-11-21(29)12-8-19/h2-3,7-16,26H,4-6,18H2,1H3/b31-24-. The van der Waals surface area contributed by atoms with Gasteiger partial charge < -0.3 is 14.3 Å². The Balaban J connectivity index is 1.55. The number of methoxy groups -OCH3 is 1. The SMILES string of the molecule is COc1ccc(C2C(C#N)=C(n3cccc3)OC3=C2/C(=N\OCc2ccc(F)cc2)CCC3)cc1. The van der Waals surface area contributed by atoms with Crippen LogP contribution in [0.15, 0.2) is 95.1 Å². The van der Waals surface area contributed by atoms with E-state index in [1.165, 1.54) is 12.1 Å². The molecular weight excluding hydrogens is 445 g/mol. The number of hydrogen-bond donors (Lipinski definition) is 0. The van der Waals surface area contributed by atoms with Crippen molar-refractivity contribution >= 4 is 11.6 Å². The van der Waals surface area contributed by atoms with E-state index < -0.39 is 0 Å². The molecule has 6 nitrogen and oxygen atoms in total. The lowest BCUT2D eigenvalue weighted by Gasteiger charge is -2.33. The summed E-state index contributed by atoms with van der Waals surface area (Å²) in [5, 5.41) is 14.7. The van der Waals surface area contributed by atoms with Gasteiger partial charge in [-0.15, -0.1) is 0 Å². The first-order valence-corrected chi connectivity index (χ1v) is 11.4. The van der Waals surface area contributed by atoms with Gasteiger partial charge in [-0.05, 0) is 60.4 Å². The highest BCUT2D eigenvalue weighted by molar-refractivity contribution is 6.04. The van der Waals surface area contributed by atoms with Crippen molar-refractivity contribution in [2.24, 2.45) is 5.16 Å². The minimum absolute atomic E-state index is 0.218. The molecule has 3 aromatic rings. The summed E-state index contributed by atoms with van der Waals surface area (Å²) in [6.07, 6.45) is 6.03. The second-order valence-electron chi connectivity index (χ2n) is 8.36. The van der Waals surface area contributed by atoms with Gasteiger partial charge >= 0.3 is 0 Å². The second-order valence-corrected chi connectivity index (χ2v) is 8.36. The zero-order chi connectivity index (χ0) is 24.2. The fourth-order valence-corrected chi connectivity index (χ4v) is 4.48. The number of rotatable bonds is 6. The number of oxime groups is 1. The third-order valence-electron chi connectivity index (χ3n) is 6.18. The summed E-state index contributed by atoms with van der Waals surface area (Å²) in [5.41, 5.74) is 3.88. The molecule has 0 spiro atoms. The average molecular weight is 470 g/mol. The third-order valence-corrected chi connectivity index (χ3v) is 6.18. The summed E-state index contributed by atoms with van der Waals surface area (Å²) in [4.78, 5) is 5.69. The first-order chi connectivity index (χ1) is 17.2. The highest BCUT2D eigenvalue weighted by Gasteiger charge is 2.38. The van der Waals surface area contributed by atoms with Crippen LogP contribution in [-0.4, -0.2) is 17.4 Å². The predicted octanol–water partition coefficient (Wildman–Crippen LogP) is 6.15. The maximum Gasteiger partial charge on any atom is 0.218 e. The first kappa shape index (κ1) is 22.5. The van der Waals surface area contributed by atoms with Crippen LogP contribution in [0.4, 0.5) is 4.39 Å². The Morgan fingerprint density at radius 2 is 1.83 bits per heavy atom. The molecule has 2 heterocycles. The van der Waals surface area contributed by atoms with Crippen LogP contribution in [0.2, 0.25) is 0 Å². The molecule has 0 saturated carbocycles. The summed E-state index contributed by atoms with van der Waals surface area (Å²) in [5.74, 6) is 1.39. The van der Waals surface area contributed by atoms with Crippen molar-refractivity contribution < 1.29 is 18.7 Å².